The summed E-state index contributed by atoms with van der Waals surface area (Å²) >= 11 is 12.2. The molecule has 12 nitrogen and oxygen atoms in total. The SMILES string of the molecule is COC(=O)[C@H](Cc1ccc(-c2ccc(C#N)cc2)cc1)NC(=O)C1Cc2cc3c(cc2CN1C(=O)OC(C)(C)C)O[C@@H](c1ccc(OCc2ccc(Cl)c(Cl)c2)cc1)C(=O)N3. The molecule has 0 radical (unpaired) electrons. The van der Waals surface area contributed by atoms with Crippen molar-refractivity contribution in [3.8, 4) is 28.7 Å². The molecule has 3 atom stereocenters. The van der Waals surface area contributed by atoms with Crippen LogP contribution in [0.25, 0.3) is 11.1 Å². The van der Waals surface area contributed by atoms with Crippen LogP contribution in [0, 0.1) is 11.3 Å². The summed E-state index contributed by atoms with van der Waals surface area (Å²) in [6.45, 7) is 5.46. The number of hydrogen-bond acceptors (Lipinski definition) is 9. The number of nitrogens with zero attached hydrogens (tertiary/aromatic N) is 2. The lowest BCUT2D eigenvalue weighted by Crippen LogP contribution is -2.56. The molecule has 0 spiro atoms. The molecule has 3 amide bonds. The Kier molecular flexibility index (Phi) is 12.5. The van der Waals surface area contributed by atoms with E-state index in [4.69, 9.17) is 47.4 Å². The second kappa shape index (κ2) is 18.0. The topological polar surface area (TPSA) is 156 Å². The summed E-state index contributed by atoms with van der Waals surface area (Å²) in [7, 11) is 1.24. The lowest BCUT2D eigenvalue weighted by Gasteiger charge is -2.38. The number of halogens is 2. The maximum atomic E-state index is 14.2. The number of rotatable bonds is 10. The zero-order valence-corrected chi connectivity index (χ0v) is 35.3. The second-order valence-corrected chi connectivity index (χ2v) is 16.5. The van der Waals surface area contributed by atoms with Crippen LogP contribution in [-0.4, -0.2) is 53.6 Å². The van der Waals surface area contributed by atoms with E-state index in [0.29, 0.717) is 49.5 Å². The van der Waals surface area contributed by atoms with Crippen molar-refractivity contribution >= 4 is 52.8 Å². The van der Waals surface area contributed by atoms with Gasteiger partial charge in [0.25, 0.3) is 5.91 Å². The van der Waals surface area contributed by atoms with Crippen molar-refractivity contribution in [1.82, 2.24) is 10.2 Å². The highest BCUT2D eigenvalue weighted by molar-refractivity contribution is 6.42. The minimum Gasteiger partial charge on any atom is -0.489 e. The molecule has 0 saturated carbocycles. The van der Waals surface area contributed by atoms with Crippen LogP contribution in [0.1, 0.15) is 60.3 Å². The number of nitriles is 1. The fourth-order valence-corrected chi connectivity index (χ4v) is 7.42. The van der Waals surface area contributed by atoms with Gasteiger partial charge in [-0.05, 0) is 103 Å². The third-order valence-corrected chi connectivity index (χ3v) is 11.0. The lowest BCUT2D eigenvalue weighted by atomic mass is 9.91. The maximum Gasteiger partial charge on any atom is 0.411 e. The van der Waals surface area contributed by atoms with Gasteiger partial charge in [0.1, 0.15) is 35.8 Å². The summed E-state index contributed by atoms with van der Waals surface area (Å²) in [6.07, 6.45) is -1.50. The predicted octanol–water partition coefficient (Wildman–Crippen LogP) is 8.75. The molecule has 0 aromatic heterocycles. The van der Waals surface area contributed by atoms with Gasteiger partial charge in [0.2, 0.25) is 12.0 Å². The molecule has 61 heavy (non-hydrogen) atoms. The maximum absolute atomic E-state index is 14.2. The predicted molar refractivity (Wildman–Crippen MR) is 229 cm³/mol. The van der Waals surface area contributed by atoms with Gasteiger partial charge in [-0.2, -0.15) is 5.26 Å². The minimum atomic E-state index is -1.07. The van der Waals surface area contributed by atoms with Gasteiger partial charge in [0.05, 0.1) is 41.0 Å². The first-order valence-corrected chi connectivity index (χ1v) is 20.2. The van der Waals surface area contributed by atoms with Crippen molar-refractivity contribution in [1.29, 1.82) is 5.26 Å². The van der Waals surface area contributed by atoms with E-state index in [9.17, 15) is 19.2 Å². The molecule has 5 aromatic rings. The molecule has 7 rings (SSSR count). The molecule has 2 N–H and O–H groups in total. The molecule has 2 aliphatic rings. The number of amides is 3. The summed E-state index contributed by atoms with van der Waals surface area (Å²) in [4.78, 5) is 55.8. The summed E-state index contributed by atoms with van der Waals surface area (Å²) in [5.74, 6) is -0.648. The van der Waals surface area contributed by atoms with Gasteiger partial charge in [-0.1, -0.05) is 77.8 Å². The van der Waals surface area contributed by atoms with Crippen molar-refractivity contribution < 1.29 is 38.1 Å². The second-order valence-electron chi connectivity index (χ2n) is 15.7. The highest BCUT2D eigenvalue weighted by Gasteiger charge is 2.40. The monoisotopic (exact) mass is 860 g/mol. The first-order chi connectivity index (χ1) is 29.2. The minimum absolute atomic E-state index is 0.0118. The van der Waals surface area contributed by atoms with Gasteiger partial charge in [-0.3, -0.25) is 14.5 Å². The number of methoxy groups -OCH3 is 1. The third-order valence-electron chi connectivity index (χ3n) is 10.2. The van der Waals surface area contributed by atoms with E-state index < -0.39 is 41.8 Å². The van der Waals surface area contributed by atoms with Crippen LogP contribution in [-0.2, 0) is 49.9 Å². The average molecular weight is 862 g/mol. The number of carbonyl (C=O) groups excluding carboxylic acids is 4. The summed E-state index contributed by atoms with van der Waals surface area (Å²) in [6, 6.07) is 30.4. The first-order valence-electron chi connectivity index (χ1n) is 19.5. The Balaban J connectivity index is 1.07. The Morgan fingerprint density at radius 2 is 1.57 bits per heavy atom. The standard InChI is InChI=1S/C47H42Cl2N4O8/c1-47(2,3)61-46(57)53-25-34-23-41-38(51-44(55)42(60-41)32-14-16-35(17-15-32)59-26-29-9-18-36(48)37(49)19-29)21-33(34)22-40(53)43(54)52-39(45(56)58-4)20-27-5-10-30(11-6-27)31-12-7-28(24-50)8-13-31/h5-19,21,23,39-40,42H,20,22,25-26H2,1-4H3,(H,51,55)(H,52,54)/t39-,40?,42-/m0/s1. The van der Waals surface area contributed by atoms with Crippen molar-refractivity contribution in [3.05, 3.63) is 147 Å². The van der Waals surface area contributed by atoms with E-state index in [2.05, 4.69) is 16.7 Å². The van der Waals surface area contributed by atoms with E-state index >= 15 is 0 Å². The summed E-state index contributed by atoms with van der Waals surface area (Å²) in [5.41, 5.74) is 5.55. The molecule has 0 fully saturated rings. The Morgan fingerprint density at radius 3 is 2.21 bits per heavy atom. The molecular formula is C47H42Cl2N4O8. The van der Waals surface area contributed by atoms with Crippen molar-refractivity contribution in [2.75, 3.05) is 12.4 Å². The van der Waals surface area contributed by atoms with Crippen LogP contribution in [0.15, 0.2) is 103 Å². The molecule has 1 unspecified atom stereocenters. The zero-order valence-electron chi connectivity index (χ0n) is 33.8. The van der Waals surface area contributed by atoms with Gasteiger partial charge >= 0.3 is 12.1 Å². The zero-order chi connectivity index (χ0) is 43.4. The molecule has 0 aliphatic carbocycles. The number of esters is 1. The van der Waals surface area contributed by atoms with Gasteiger partial charge < -0.3 is 29.6 Å². The van der Waals surface area contributed by atoms with Crippen LogP contribution >= 0.6 is 23.2 Å². The molecule has 0 saturated heterocycles. The number of fused-ring (bicyclic) bond motifs is 2. The third kappa shape index (κ3) is 10.1. The molecule has 14 heteroatoms. The average Bonchev–Trinajstić information content (AvgIpc) is 3.24. The van der Waals surface area contributed by atoms with E-state index in [0.717, 1.165) is 22.3 Å². The normalized spacial score (nSPS) is 16.1. The fraction of sp³-hybridized carbons (Fsp3) is 0.255. The molecule has 2 heterocycles. The largest absolute Gasteiger partial charge is 0.489 e. The molecule has 0 bridgehead atoms. The number of anilines is 1. The molecule has 2 aliphatic heterocycles. The smallest absolute Gasteiger partial charge is 0.411 e. The number of carbonyl (C=O) groups is 4. The van der Waals surface area contributed by atoms with Crippen molar-refractivity contribution in [2.45, 2.75) is 70.6 Å². The number of benzene rings is 5. The van der Waals surface area contributed by atoms with E-state index in [1.165, 1.54) is 12.0 Å². The van der Waals surface area contributed by atoms with Gasteiger partial charge in [0, 0.05) is 18.4 Å². The lowest BCUT2D eigenvalue weighted by molar-refractivity contribution is -0.145. The van der Waals surface area contributed by atoms with Gasteiger partial charge in [0.15, 0.2) is 0 Å². The van der Waals surface area contributed by atoms with Crippen LogP contribution in [0.2, 0.25) is 10.0 Å². The fourth-order valence-electron chi connectivity index (χ4n) is 7.10. The van der Waals surface area contributed by atoms with Crippen molar-refractivity contribution in [3.63, 3.8) is 0 Å². The summed E-state index contributed by atoms with van der Waals surface area (Å²) in [5, 5.41) is 15.8. The number of ether oxygens (including phenoxy) is 4. The Morgan fingerprint density at radius 1 is 0.902 bits per heavy atom. The highest BCUT2D eigenvalue weighted by Crippen LogP contribution is 2.40. The Bertz CT molecular complexity index is 2520. The van der Waals surface area contributed by atoms with Crippen LogP contribution in [0.4, 0.5) is 10.5 Å². The van der Waals surface area contributed by atoms with Crippen molar-refractivity contribution in [2.24, 2.45) is 0 Å². The molecular weight excluding hydrogens is 819 g/mol. The van der Waals surface area contributed by atoms with Crippen LogP contribution in [0.3, 0.4) is 0 Å². The van der Waals surface area contributed by atoms with E-state index in [1.54, 1.807) is 81.4 Å². The van der Waals surface area contributed by atoms with E-state index in [-0.39, 0.29) is 31.9 Å². The quantitative estimate of drug-likeness (QED) is 0.131. The van der Waals surface area contributed by atoms with Crippen LogP contribution in [0.5, 0.6) is 11.5 Å². The summed E-state index contributed by atoms with van der Waals surface area (Å²) < 4.78 is 23.0. The molecule has 312 valence electrons. The number of hydrogen-bond donors (Lipinski definition) is 2. The Labute approximate surface area is 363 Å². The van der Waals surface area contributed by atoms with Gasteiger partial charge in [-0.15, -0.1) is 0 Å². The Hall–Kier alpha value is -6.55. The van der Waals surface area contributed by atoms with Crippen LogP contribution < -0.4 is 20.1 Å². The molecule has 5 aromatic carbocycles. The highest BCUT2D eigenvalue weighted by atomic mass is 35.5. The number of nitrogens with one attached hydrogen (secondary N) is 2. The first kappa shape index (κ1) is 42.6. The van der Waals surface area contributed by atoms with E-state index in [1.807, 2.05) is 42.5 Å². The van der Waals surface area contributed by atoms with Gasteiger partial charge in [-0.25, -0.2) is 9.59 Å².